The summed E-state index contributed by atoms with van der Waals surface area (Å²) in [7, 11) is 0. The molecule has 0 aliphatic heterocycles. The lowest BCUT2D eigenvalue weighted by Crippen LogP contribution is -1.94. The molecular formula is C9H8ClFN2. The fourth-order valence-corrected chi connectivity index (χ4v) is 1.21. The van der Waals surface area contributed by atoms with Crippen molar-refractivity contribution in [2.24, 2.45) is 0 Å². The van der Waals surface area contributed by atoms with Gasteiger partial charge in [-0.1, -0.05) is 11.6 Å². The van der Waals surface area contributed by atoms with Crippen LogP contribution < -0.4 is 5.73 Å². The van der Waals surface area contributed by atoms with Crippen LogP contribution in [-0.2, 0) is 6.42 Å². The fraction of sp³-hybridized carbons (Fsp3) is 0.222. The van der Waals surface area contributed by atoms with E-state index >= 15 is 0 Å². The van der Waals surface area contributed by atoms with Crippen molar-refractivity contribution in [3.63, 3.8) is 0 Å². The number of nitrogens with two attached hydrogens (primary N) is 1. The number of halogens is 2. The highest BCUT2D eigenvalue weighted by molar-refractivity contribution is 6.33. The predicted molar refractivity (Wildman–Crippen MR) is 49.8 cm³/mol. The average Bonchev–Trinajstić information content (AvgIpc) is 2.10. The molecule has 0 fully saturated rings. The number of nitrogen functional groups attached to an aromatic ring is 1. The molecule has 0 radical (unpaired) electrons. The molecule has 4 heteroatoms. The Morgan fingerprint density at radius 3 is 2.77 bits per heavy atom. The van der Waals surface area contributed by atoms with Crippen molar-refractivity contribution in [3.8, 4) is 6.07 Å². The first-order valence-electron chi connectivity index (χ1n) is 3.75. The average molecular weight is 199 g/mol. The third-order valence-electron chi connectivity index (χ3n) is 1.66. The van der Waals surface area contributed by atoms with Crippen molar-refractivity contribution >= 4 is 17.3 Å². The zero-order valence-electron chi connectivity index (χ0n) is 6.85. The van der Waals surface area contributed by atoms with Crippen molar-refractivity contribution in [1.82, 2.24) is 0 Å². The normalized spacial score (nSPS) is 9.62. The molecule has 0 bridgehead atoms. The summed E-state index contributed by atoms with van der Waals surface area (Å²) in [5, 5.41) is 8.52. The van der Waals surface area contributed by atoms with Gasteiger partial charge in [0.15, 0.2) is 0 Å². The van der Waals surface area contributed by atoms with E-state index in [0.29, 0.717) is 18.4 Å². The number of aryl methyl sites for hydroxylation is 1. The SMILES string of the molecule is N#CCCc1cc(F)c(N)c(Cl)c1. The number of benzene rings is 1. The standard InChI is InChI=1S/C9H8ClFN2/c10-7-4-6(2-1-3-12)5-8(11)9(7)13/h4-5H,1-2,13H2. The number of nitriles is 1. The van der Waals surface area contributed by atoms with Gasteiger partial charge in [0.2, 0.25) is 0 Å². The van der Waals surface area contributed by atoms with E-state index in [1.165, 1.54) is 6.07 Å². The van der Waals surface area contributed by atoms with Gasteiger partial charge < -0.3 is 5.73 Å². The quantitative estimate of drug-likeness (QED) is 0.743. The molecule has 0 amide bonds. The number of anilines is 1. The highest BCUT2D eigenvalue weighted by Gasteiger charge is 2.05. The van der Waals surface area contributed by atoms with Crippen LogP contribution in [0.1, 0.15) is 12.0 Å². The van der Waals surface area contributed by atoms with E-state index < -0.39 is 5.82 Å². The first-order valence-corrected chi connectivity index (χ1v) is 4.13. The van der Waals surface area contributed by atoms with Gasteiger partial charge in [-0.3, -0.25) is 0 Å². The summed E-state index contributed by atoms with van der Waals surface area (Å²) >= 11 is 5.65. The largest absolute Gasteiger partial charge is 0.395 e. The molecule has 1 aromatic rings. The number of nitrogens with zero attached hydrogens (tertiary/aromatic N) is 1. The lowest BCUT2D eigenvalue weighted by atomic mass is 10.1. The Hall–Kier alpha value is -1.27. The number of hydrogen-bond acceptors (Lipinski definition) is 2. The van der Waals surface area contributed by atoms with Crippen molar-refractivity contribution in [3.05, 3.63) is 28.5 Å². The maximum absolute atomic E-state index is 13.0. The summed E-state index contributed by atoms with van der Waals surface area (Å²) < 4.78 is 13.0. The maximum Gasteiger partial charge on any atom is 0.147 e. The highest BCUT2D eigenvalue weighted by Crippen LogP contribution is 2.24. The highest BCUT2D eigenvalue weighted by atomic mass is 35.5. The Morgan fingerprint density at radius 2 is 2.23 bits per heavy atom. The molecule has 0 aliphatic carbocycles. The second-order valence-corrected chi connectivity index (χ2v) is 3.04. The third-order valence-corrected chi connectivity index (χ3v) is 1.98. The first kappa shape index (κ1) is 9.82. The van der Waals surface area contributed by atoms with E-state index in [-0.39, 0.29) is 10.7 Å². The lowest BCUT2D eigenvalue weighted by molar-refractivity contribution is 0.630. The minimum Gasteiger partial charge on any atom is -0.395 e. The van der Waals surface area contributed by atoms with Crippen LogP contribution in [0.5, 0.6) is 0 Å². The molecular weight excluding hydrogens is 191 g/mol. The van der Waals surface area contributed by atoms with Gasteiger partial charge in [0.25, 0.3) is 0 Å². The van der Waals surface area contributed by atoms with E-state index in [0.717, 1.165) is 0 Å². The van der Waals surface area contributed by atoms with E-state index in [4.69, 9.17) is 22.6 Å². The van der Waals surface area contributed by atoms with Crippen LogP contribution in [-0.4, -0.2) is 0 Å². The Labute approximate surface area is 80.7 Å². The zero-order valence-corrected chi connectivity index (χ0v) is 7.61. The minimum absolute atomic E-state index is 0.0395. The van der Waals surface area contributed by atoms with Gasteiger partial charge in [-0.25, -0.2) is 4.39 Å². The van der Waals surface area contributed by atoms with Crippen molar-refractivity contribution in [1.29, 1.82) is 5.26 Å². The summed E-state index contributed by atoms with van der Waals surface area (Å²) in [6, 6.07) is 4.86. The van der Waals surface area contributed by atoms with Gasteiger partial charge in [0.1, 0.15) is 5.82 Å². The zero-order chi connectivity index (χ0) is 9.84. The van der Waals surface area contributed by atoms with Crippen molar-refractivity contribution in [2.75, 3.05) is 5.73 Å². The van der Waals surface area contributed by atoms with Gasteiger partial charge in [0.05, 0.1) is 16.8 Å². The summed E-state index contributed by atoms with van der Waals surface area (Å²) in [6.45, 7) is 0. The van der Waals surface area contributed by atoms with E-state index in [9.17, 15) is 4.39 Å². The third kappa shape index (κ3) is 2.33. The van der Waals surface area contributed by atoms with Crippen LogP contribution in [0.25, 0.3) is 0 Å². The van der Waals surface area contributed by atoms with Crippen LogP contribution in [0.3, 0.4) is 0 Å². The second-order valence-electron chi connectivity index (χ2n) is 2.63. The molecule has 0 spiro atoms. The molecule has 1 rings (SSSR count). The van der Waals surface area contributed by atoms with E-state index in [1.54, 1.807) is 6.07 Å². The maximum atomic E-state index is 13.0. The van der Waals surface area contributed by atoms with E-state index in [1.807, 2.05) is 6.07 Å². The Morgan fingerprint density at radius 1 is 1.54 bits per heavy atom. The molecule has 68 valence electrons. The van der Waals surface area contributed by atoms with Crippen LogP contribution >= 0.6 is 11.6 Å². The molecule has 0 saturated heterocycles. The Kier molecular flexibility index (Phi) is 3.10. The van der Waals surface area contributed by atoms with Crippen molar-refractivity contribution in [2.45, 2.75) is 12.8 Å². The summed E-state index contributed by atoms with van der Waals surface area (Å²) in [4.78, 5) is 0. The van der Waals surface area contributed by atoms with Crippen LogP contribution in [0.4, 0.5) is 10.1 Å². The number of rotatable bonds is 2. The summed E-state index contributed by atoms with van der Waals surface area (Å²) in [5.74, 6) is -0.527. The minimum atomic E-state index is -0.527. The molecule has 0 aliphatic rings. The Bertz CT molecular complexity index is 334. The molecule has 2 N–H and O–H groups in total. The molecule has 0 atom stereocenters. The van der Waals surface area contributed by atoms with E-state index in [2.05, 4.69) is 0 Å². The van der Waals surface area contributed by atoms with Crippen LogP contribution in [0.2, 0.25) is 5.02 Å². The molecule has 0 saturated carbocycles. The molecule has 2 nitrogen and oxygen atoms in total. The van der Waals surface area contributed by atoms with Gasteiger partial charge in [-0.05, 0) is 24.1 Å². The number of hydrogen-bond donors (Lipinski definition) is 1. The predicted octanol–water partition coefficient (Wildman–Crippen LogP) is 2.52. The monoisotopic (exact) mass is 198 g/mol. The first-order chi connectivity index (χ1) is 6.15. The van der Waals surface area contributed by atoms with Gasteiger partial charge in [-0.15, -0.1) is 0 Å². The fourth-order valence-electron chi connectivity index (χ4n) is 0.981. The van der Waals surface area contributed by atoms with Gasteiger partial charge in [-0.2, -0.15) is 5.26 Å². The lowest BCUT2D eigenvalue weighted by Gasteiger charge is -2.03. The molecule has 13 heavy (non-hydrogen) atoms. The molecule has 0 heterocycles. The summed E-state index contributed by atoms with van der Waals surface area (Å²) in [5.41, 5.74) is 5.96. The molecule has 0 aromatic heterocycles. The molecule has 1 aromatic carbocycles. The van der Waals surface area contributed by atoms with Crippen molar-refractivity contribution < 1.29 is 4.39 Å². The topological polar surface area (TPSA) is 49.8 Å². The Balaban J connectivity index is 2.94. The van der Waals surface area contributed by atoms with Gasteiger partial charge in [0, 0.05) is 6.42 Å². The van der Waals surface area contributed by atoms with Crippen LogP contribution in [0, 0.1) is 17.1 Å². The molecule has 0 unspecified atom stereocenters. The summed E-state index contributed by atoms with van der Waals surface area (Å²) in [6.07, 6.45) is 0.840. The smallest absolute Gasteiger partial charge is 0.147 e. The van der Waals surface area contributed by atoms with Crippen LogP contribution in [0.15, 0.2) is 12.1 Å². The second kappa shape index (κ2) is 4.11. The van der Waals surface area contributed by atoms with Gasteiger partial charge >= 0.3 is 0 Å².